The summed E-state index contributed by atoms with van der Waals surface area (Å²) in [4.78, 5) is 12.2. The first-order chi connectivity index (χ1) is 9.19. The Bertz CT molecular complexity index is 686. The molecule has 0 N–H and O–H groups in total. The predicted molar refractivity (Wildman–Crippen MR) is 75.7 cm³/mol. The molecule has 0 saturated carbocycles. The van der Waals surface area contributed by atoms with Gasteiger partial charge in [-0.15, -0.1) is 11.8 Å². The molecule has 0 unspecified atom stereocenters. The summed E-state index contributed by atoms with van der Waals surface area (Å²) in [5, 5.41) is 14.2. The summed E-state index contributed by atoms with van der Waals surface area (Å²) in [6.45, 7) is 3.77. The van der Waals surface area contributed by atoms with E-state index in [9.17, 15) is 4.79 Å². The van der Waals surface area contributed by atoms with Crippen molar-refractivity contribution < 1.29 is 0 Å². The fourth-order valence-electron chi connectivity index (χ4n) is 1.73. The minimum Gasteiger partial charge on any atom is -0.266 e. The summed E-state index contributed by atoms with van der Waals surface area (Å²) in [6, 6.07) is 11.1. The van der Waals surface area contributed by atoms with Gasteiger partial charge in [-0.05, 0) is 24.8 Å². The van der Waals surface area contributed by atoms with Gasteiger partial charge in [0.2, 0.25) is 0 Å². The zero-order chi connectivity index (χ0) is 13.8. The van der Waals surface area contributed by atoms with E-state index in [1.807, 2.05) is 31.2 Å². The second-order valence-electron chi connectivity index (χ2n) is 3.90. The van der Waals surface area contributed by atoms with Crippen LogP contribution in [0.3, 0.4) is 0 Å². The first kappa shape index (κ1) is 13.4. The van der Waals surface area contributed by atoms with Crippen molar-refractivity contribution in [1.29, 1.82) is 5.26 Å². The third-order valence-electron chi connectivity index (χ3n) is 2.69. The van der Waals surface area contributed by atoms with E-state index >= 15 is 0 Å². The van der Waals surface area contributed by atoms with Gasteiger partial charge in [0.25, 0.3) is 5.56 Å². The molecule has 19 heavy (non-hydrogen) atoms. The standard InChI is InChI=1S/C14H13N3OS/c1-3-19-13-10(2)12(9-15)14(18)17(16-13)11-7-5-4-6-8-11/h4-8H,3H2,1-2H3. The average Bonchev–Trinajstić information content (AvgIpc) is 2.43. The maximum Gasteiger partial charge on any atom is 0.289 e. The van der Waals surface area contributed by atoms with Gasteiger partial charge in [0, 0.05) is 5.56 Å². The summed E-state index contributed by atoms with van der Waals surface area (Å²) in [5.74, 6) is 0.839. The summed E-state index contributed by atoms with van der Waals surface area (Å²) in [5.41, 5.74) is 1.12. The minimum absolute atomic E-state index is 0.162. The highest BCUT2D eigenvalue weighted by molar-refractivity contribution is 7.99. The molecule has 1 heterocycles. The molecular weight excluding hydrogens is 258 g/mol. The van der Waals surface area contributed by atoms with Crippen LogP contribution in [0.2, 0.25) is 0 Å². The van der Waals surface area contributed by atoms with Crippen LogP contribution in [0, 0.1) is 18.3 Å². The lowest BCUT2D eigenvalue weighted by Crippen LogP contribution is -2.25. The van der Waals surface area contributed by atoms with Gasteiger partial charge in [-0.2, -0.15) is 15.0 Å². The number of hydrogen-bond donors (Lipinski definition) is 0. The second kappa shape index (κ2) is 5.72. The Morgan fingerprint density at radius 3 is 2.63 bits per heavy atom. The van der Waals surface area contributed by atoms with Gasteiger partial charge < -0.3 is 0 Å². The van der Waals surface area contributed by atoms with Gasteiger partial charge in [0.15, 0.2) is 0 Å². The number of benzene rings is 1. The molecule has 2 aromatic rings. The molecule has 0 atom stereocenters. The van der Waals surface area contributed by atoms with Crippen LogP contribution in [-0.2, 0) is 0 Å². The SMILES string of the molecule is CCSc1nn(-c2ccccc2)c(=O)c(C#N)c1C. The lowest BCUT2D eigenvalue weighted by atomic mass is 10.2. The zero-order valence-electron chi connectivity index (χ0n) is 10.8. The Labute approximate surface area is 115 Å². The number of nitrogens with zero attached hydrogens (tertiary/aromatic N) is 3. The van der Waals surface area contributed by atoms with Crippen molar-refractivity contribution in [3.05, 3.63) is 51.8 Å². The normalized spacial score (nSPS) is 10.2. The van der Waals surface area contributed by atoms with E-state index in [1.165, 1.54) is 16.4 Å². The molecule has 0 fully saturated rings. The highest BCUT2D eigenvalue weighted by Crippen LogP contribution is 2.20. The monoisotopic (exact) mass is 271 g/mol. The van der Waals surface area contributed by atoms with E-state index < -0.39 is 0 Å². The minimum atomic E-state index is -0.369. The van der Waals surface area contributed by atoms with E-state index in [0.29, 0.717) is 11.3 Å². The van der Waals surface area contributed by atoms with Crippen molar-refractivity contribution >= 4 is 11.8 Å². The molecule has 0 radical (unpaired) electrons. The van der Waals surface area contributed by atoms with Crippen molar-refractivity contribution in [3.63, 3.8) is 0 Å². The van der Waals surface area contributed by atoms with E-state index in [-0.39, 0.29) is 11.1 Å². The molecule has 0 saturated heterocycles. The number of nitriles is 1. The second-order valence-corrected chi connectivity index (χ2v) is 5.16. The van der Waals surface area contributed by atoms with Gasteiger partial charge in [-0.1, -0.05) is 25.1 Å². The molecule has 96 valence electrons. The third-order valence-corrected chi connectivity index (χ3v) is 3.64. The number of aromatic nitrogens is 2. The topological polar surface area (TPSA) is 58.7 Å². The quantitative estimate of drug-likeness (QED) is 0.805. The average molecular weight is 271 g/mol. The maximum absolute atomic E-state index is 12.2. The van der Waals surface area contributed by atoms with Gasteiger partial charge in [-0.3, -0.25) is 4.79 Å². The van der Waals surface area contributed by atoms with Crippen LogP contribution in [0.5, 0.6) is 0 Å². The summed E-state index contributed by atoms with van der Waals surface area (Å²) in [7, 11) is 0. The van der Waals surface area contributed by atoms with Gasteiger partial charge in [-0.25, -0.2) is 0 Å². The van der Waals surface area contributed by atoms with Crippen LogP contribution in [0.25, 0.3) is 5.69 Å². The Morgan fingerprint density at radius 1 is 1.37 bits per heavy atom. The Balaban J connectivity index is 2.72. The van der Waals surface area contributed by atoms with E-state index in [1.54, 1.807) is 19.1 Å². The fraction of sp³-hybridized carbons (Fsp3) is 0.214. The molecule has 0 aliphatic heterocycles. The van der Waals surface area contributed by atoms with Crippen molar-refractivity contribution in [1.82, 2.24) is 9.78 Å². The molecule has 2 rings (SSSR count). The highest BCUT2D eigenvalue weighted by atomic mass is 32.2. The lowest BCUT2D eigenvalue weighted by molar-refractivity contribution is 0.739. The molecule has 0 aliphatic rings. The molecule has 1 aromatic heterocycles. The van der Waals surface area contributed by atoms with Crippen LogP contribution < -0.4 is 5.56 Å². The number of rotatable bonds is 3. The summed E-state index contributed by atoms with van der Waals surface area (Å²) < 4.78 is 1.30. The number of thioether (sulfide) groups is 1. The molecular formula is C14H13N3OS. The highest BCUT2D eigenvalue weighted by Gasteiger charge is 2.14. The smallest absolute Gasteiger partial charge is 0.266 e. The maximum atomic E-state index is 12.2. The van der Waals surface area contributed by atoms with Crippen LogP contribution in [0.1, 0.15) is 18.1 Å². The first-order valence-electron chi connectivity index (χ1n) is 5.91. The lowest BCUT2D eigenvalue weighted by Gasteiger charge is -2.10. The fourth-order valence-corrected chi connectivity index (χ4v) is 2.47. The van der Waals surface area contributed by atoms with Gasteiger partial charge in [0.1, 0.15) is 16.7 Å². The zero-order valence-corrected chi connectivity index (χ0v) is 11.6. The molecule has 5 heteroatoms. The first-order valence-corrected chi connectivity index (χ1v) is 6.89. The van der Waals surface area contributed by atoms with Crippen molar-refractivity contribution in [3.8, 4) is 11.8 Å². The third kappa shape index (κ3) is 2.54. The Morgan fingerprint density at radius 2 is 2.05 bits per heavy atom. The molecule has 0 amide bonds. The van der Waals surface area contributed by atoms with Gasteiger partial charge >= 0.3 is 0 Å². The van der Waals surface area contributed by atoms with Crippen molar-refractivity contribution in [2.24, 2.45) is 0 Å². The largest absolute Gasteiger partial charge is 0.289 e. The van der Waals surface area contributed by atoms with E-state index in [2.05, 4.69) is 5.10 Å². The molecule has 4 nitrogen and oxygen atoms in total. The van der Waals surface area contributed by atoms with E-state index in [4.69, 9.17) is 5.26 Å². The van der Waals surface area contributed by atoms with Crippen LogP contribution in [0.15, 0.2) is 40.2 Å². The Hall–Kier alpha value is -2.06. The van der Waals surface area contributed by atoms with Crippen molar-refractivity contribution in [2.45, 2.75) is 18.9 Å². The molecule has 1 aromatic carbocycles. The van der Waals surface area contributed by atoms with Crippen LogP contribution in [-0.4, -0.2) is 15.5 Å². The molecule has 0 spiro atoms. The van der Waals surface area contributed by atoms with Crippen molar-refractivity contribution in [2.75, 3.05) is 5.75 Å². The predicted octanol–water partition coefficient (Wildman–Crippen LogP) is 2.52. The van der Waals surface area contributed by atoms with Gasteiger partial charge in [0.05, 0.1) is 5.69 Å². The molecule has 0 bridgehead atoms. The number of hydrogen-bond acceptors (Lipinski definition) is 4. The van der Waals surface area contributed by atoms with Crippen LogP contribution >= 0.6 is 11.8 Å². The summed E-state index contributed by atoms with van der Waals surface area (Å²) >= 11 is 1.53. The molecule has 0 aliphatic carbocycles. The van der Waals surface area contributed by atoms with Crippen LogP contribution in [0.4, 0.5) is 0 Å². The van der Waals surface area contributed by atoms with E-state index in [0.717, 1.165) is 10.8 Å². The Kier molecular flexibility index (Phi) is 4.03. The summed E-state index contributed by atoms with van der Waals surface area (Å²) in [6.07, 6.45) is 0. The number of para-hydroxylation sites is 1.